The minimum Gasteiger partial charge on any atom is -0.300 e. The van der Waals surface area contributed by atoms with Crippen molar-refractivity contribution >= 4 is 39.8 Å². The van der Waals surface area contributed by atoms with Crippen LogP contribution in [0.15, 0.2) is 28.6 Å². The van der Waals surface area contributed by atoms with Crippen molar-refractivity contribution in [2.24, 2.45) is 5.41 Å². The first-order valence-corrected chi connectivity index (χ1v) is 8.57. The van der Waals surface area contributed by atoms with Crippen LogP contribution in [0.25, 0.3) is 0 Å². The molecule has 2 aromatic rings. The molecule has 1 aromatic carbocycles. The van der Waals surface area contributed by atoms with Gasteiger partial charge in [-0.2, -0.15) is 0 Å². The quantitative estimate of drug-likeness (QED) is 0.381. The molecule has 0 unspecified atom stereocenters. The lowest BCUT2D eigenvalue weighted by Crippen LogP contribution is -2.27. The zero-order chi connectivity index (χ0) is 17.0. The fraction of sp³-hybridized carbons (Fsp3) is 0.357. The number of nitrogens with zero attached hydrogens (tertiary/aromatic N) is 3. The van der Waals surface area contributed by atoms with Gasteiger partial charge >= 0.3 is 0 Å². The number of rotatable bonds is 5. The predicted octanol–water partition coefficient (Wildman–Crippen LogP) is 3.72. The molecule has 0 aliphatic heterocycles. The Hall–Kier alpha value is -2.00. The summed E-state index contributed by atoms with van der Waals surface area (Å²) in [6.07, 6.45) is 0. The van der Waals surface area contributed by atoms with Gasteiger partial charge in [0.1, 0.15) is 0 Å². The molecule has 7 nitrogen and oxygen atoms in total. The van der Waals surface area contributed by atoms with E-state index < -0.39 is 10.3 Å². The lowest BCUT2D eigenvalue weighted by molar-refractivity contribution is -0.384. The third-order valence-corrected chi connectivity index (χ3v) is 4.83. The zero-order valence-corrected chi connectivity index (χ0v) is 14.5. The van der Waals surface area contributed by atoms with Crippen LogP contribution in [0.2, 0.25) is 0 Å². The van der Waals surface area contributed by atoms with Crippen molar-refractivity contribution < 1.29 is 9.72 Å². The van der Waals surface area contributed by atoms with Crippen molar-refractivity contribution in [2.75, 3.05) is 5.32 Å². The number of nitro groups is 1. The van der Waals surface area contributed by atoms with E-state index in [1.54, 1.807) is 6.07 Å². The second-order valence-electron chi connectivity index (χ2n) is 5.79. The van der Waals surface area contributed by atoms with E-state index in [1.165, 1.54) is 35.2 Å². The SMILES string of the molecule is CC(C)(C)C(=O)Nc1nnc(SCc2cccc([N+](=O)[O-])c2)s1. The van der Waals surface area contributed by atoms with Crippen molar-refractivity contribution in [3.63, 3.8) is 0 Å². The molecule has 0 saturated heterocycles. The van der Waals surface area contributed by atoms with Crippen LogP contribution in [0.5, 0.6) is 0 Å². The van der Waals surface area contributed by atoms with E-state index in [0.29, 0.717) is 15.2 Å². The molecule has 122 valence electrons. The first-order chi connectivity index (χ1) is 10.8. The number of thioether (sulfide) groups is 1. The Balaban J connectivity index is 1.96. The number of nitro benzene ring substituents is 1. The Morgan fingerprint density at radius 3 is 2.78 bits per heavy atom. The summed E-state index contributed by atoms with van der Waals surface area (Å²) in [4.78, 5) is 22.2. The van der Waals surface area contributed by atoms with Gasteiger partial charge in [-0.25, -0.2) is 0 Å². The number of nitrogens with one attached hydrogen (secondary N) is 1. The average Bonchev–Trinajstić information content (AvgIpc) is 2.92. The van der Waals surface area contributed by atoms with Crippen molar-refractivity contribution in [2.45, 2.75) is 30.9 Å². The van der Waals surface area contributed by atoms with Crippen LogP contribution in [-0.4, -0.2) is 21.0 Å². The lowest BCUT2D eigenvalue weighted by atomic mass is 9.96. The first-order valence-electron chi connectivity index (χ1n) is 6.77. The van der Waals surface area contributed by atoms with Gasteiger partial charge in [-0.15, -0.1) is 10.2 Å². The van der Waals surface area contributed by atoms with E-state index in [2.05, 4.69) is 15.5 Å². The average molecular weight is 352 g/mol. The molecule has 0 spiro atoms. The van der Waals surface area contributed by atoms with Crippen LogP contribution in [0.1, 0.15) is 26.3 Å². The molecule has 0 radical (unpaired) electrons. The fourth-order valence-corrected chi connectivity index (χ4v) is 3.20. The summed E-state index contributed by atoms with van der Waals surface area (Å²) in [6, 6.07) is 6.47. The largest absolute Gasteiger partial charge is 0.300 e. The normalized spacial score (nSPS) is 11.3. The maximum atomic E-state index is 11.9. The Labute approximate surface area is 141 Å². The third-order valence-electron chi connectivity index (χ3n) is 2.79. The number of non-ortho nitro benzene ring substituents is 1. The molecule has 1 amide bonds. The highest BCUT2D eigenvalue weighted by Gasteiger charge is 2.22. The molecule has 0 aliphatic carbocycles. The van der Waals surface area contributed by atoms with E-state index in [9.17, 15) is 14.9 Å². The molecular weight excluding hydrogens is 336 g/mol. The van der Waals surface area contributed by atoms with Crippen molar-refractivity contribution in [1.82, 2.24) is 10.2 Å². The minimum absolute atomic E-state index is 0.0680. The molecule has 1 N–H and O–H groups in total. The van der Waals surface area contributed by atoms with Gasteiger partial charge < -0.3 is 5.32 Å². The summed E-state index contributed by atoms with van der Waals surface area (Å²) in [5.41, 5.74) is 0.403. The molecule has 0 aliphatic rings. The van der Waals surface area contributed by atoms with Gasteiger partial charge in [-0.05, 0) is 5.56 Å². The van der Waals surface area contributed by atoms with E-state index in [0.717, 1.165) is 5.56 Å². The van der Waals surface area contributed by atoms with Gasteiger partial charge in [0.25, 0.3) is 5.69 Å². The predicted molar refractivity (Wildman–Crippen MR) is 90.7 cm³/mol. The highest BCUT2D eigenvalue weighted by atomic mass is 32.2. The summed E-state index contributed by atoms with van der Waals surface area (Å²) < 4.78 is 0.695. The van der Waals surface area contributed by atoms with Crippen LogP contribution in [-0.2, 0) is 10.5 Å². The van der Waals surface area contributed by atoms with Gasteiger partial charge in [0, 0.05) is 23.3 Å². The third kappa shape index (κ3) is 5.00. The van der Waals surface area contributed by atoms with Crippen LogP contribution in [0.3, 0.4) is 0 Å². The van der Waals surface area contributed by atoms with Crippen LogP contribution >= 0.6 is 23.1 Å². The van der Waals surface area contributed by atoms with Gasteiger partial charge in [0.15, 0.2) is 4.34 Å². The van der Waals surface area contributed by atoms with E-state index in [1.807, 2.05) is 26.8 Å². The summed E-state index contributed by atoms with van der Waals surface area (Å²) in [5, 5.41) is 21.9. The fourth-order valence-electron chi connectivity index (χ4n) is 1.51. The standard InChI is InChI=1S/C14H16N4O3S2/c1-14(2,3)11(19)15-12-16-17-13(23-12)22-8-9-5-4-6-10(7-9)18(20)21/h4-7H,8H2,1-3H3,(H,15,16,19). The Morgan fingerprint density at radius 2 is 2.13 bits per heavy atom. The second kappa shape index (κ2) is 7.05. The summed E-state index contributed by atoms with van der Waals surface area (Å²) in [7, 11) is 0. The van der Waals surface area contributed by atoms with Crippen molar-refractivity contribution in [1.29, 1.82) is 0 Å². The number of carbonyl (C=O) groups is 1. The Bertz CT molecular complexity index is 725. The van der Waals surface area contributed by atoms with Crippen LogP contribution in [0.4, 0.5) is 10.8 Å². The smallest absolute Gasteiger partial charge is 0.269 e. The highest BCUT2D eigenvalue weighted by Crippen LogP contribution is 2.30. The van der Waals surface area contributed by atoms with Gasteiger partial charge in [-0.3, -0.25) is 14.9 Å². The lowest BCUT2D eigenvalue weighted by Gasteiger charge is -2.15. The number of aromatic nitrogens is 2. The second-order valence-corrected chi connectivity index (χ2v) is 7.99. The monoisotopic (exact) mass is 352 g/mol. The van der Waals surface area contributed by atoms with Crippen molar-refractivity contribution in [3.05, 3.63) is 39.9 Å². The molecule has 2 rings (SSSR count). The highest BCUT2D eigenvalue weighted by molar-refractivity contribution is 8.00. The maximum absolute atomic E-state index is 11.9. The Morgan fingerprint density at radius 1 is 1.39 bits per heavy atom. The molecule has 0 fully saturated rings. The molecule has 1 aromatic heterocycles. The minimum atomic E-state index is -0.498. The summed E-state index contributed by atoms with van der Waals surface area (Å²) in [6.45, 7) is 5.46. The number of amides is 1. The van der Waals surface area contributed by atoms with Crippen molar-refractivity contribution in [3.8, 4) is 0 Å². The summed E-state index contributed by atoms with van der Waals surface area (Å²) in [5.74, 6) is 0.424. The van der Waals surface area contributed by atoms with Gasteiger partial charge in [0.2, 0.25) is 11.0 Å². The van der Waals surface area contributed by atoms with Crippen LogP contribution in [0, 0.1) is 15.5 Å². The number of hydrogen-bond acceptors (Lipinski definition) is 7. The number of hydrogen-bond donors (Lipinski definition) is 1. The number of benzene rings is 1. The topological polar surface area (TPSA) is 98.0 Å². The van der Waals surface area contributed by atoms with Gasteiger partial charge in [0.05, 0.1) is 4.92 Å². The molecule has 23 heavy (non-hydrogen) atoms. The summed E-state index contributed by atoms with van der Waals surface area (Å²) >= 11 is 2.70. The molecule has 0 atom stereocenters. The number of carbonyl (C=O) groups excluding carboxylic acids is 1. The van der Waals surface area contributed by atoms with E-state index in [-0.39, 0.29) is 11.6 Å². The van der Waals surface area contributed by atoms with E-state index >= 15 is 0 Å². The van der Waals surface area contributed by atoms with Gasteiger partial charge in [-0.1, -0.05) is 56.0 Å². The molecule has 0 bridgehead atoms. The van der Waals surface area contributed by atoms with E-state index in [4.69, 9.17) is 0 Å². The van der Waals surface area contributed by atoms with Crippen LogP contribution < -0.4 is 5.32 Å². The maximum Gasteiger partial charge on any atom is 0.269 e. The molecule has 0 saturated carbocycles. The molecule has 9 heteroatoms. The number of anilines is 1. The zero-order valence-electron chi connectivity index (χ0n) is 12.9. The Kier molecular flexibility index (Phi) is 5.32. The first kappa shape index (κ1) is 17.4. The molecule has 1 heterocycles. The molecular formula is C14H16N4O3S2.